The monoisotopic (exact) mass is 409 g/mol. The molecular weight excluding hydrogens is 390 g/mol. The Hall–Kier alpha value is -3.77. The summed E-state index contributed by atoms with van der Waals surface area (Å²) in [4.78, 5) is 14.0. The second-order valence-corrected chi connectivity index (χ2v) is 7.73. The Bertz CT molecular complexity index is 1420. The molecular formula is C24H19N5S. The Balaban J connectivity index is 1.65. The second-order valence-electron chi connectivity index (χ2n) is 6.78. The van der Waals surface area contributed by atoms with Crippen LogP contribution in [-0.4, -0.2) is 25.1 Å². The summed E-state index contributed by atoms with van der Waals surface area (Å²) in [6, 6.07) is 12.3. The molecule has 0 aliphatic heterocycles. The van der Waals surface area contributed by atoms with E-state index in [2.05, 4.69) is 56.4 Å². The zero-order valence-electron chi connectivity index (χ0n) is 16.4. The van der Waals surface area contributed by atoms with Crippen LogP contribution in [0.1, 0.15) is 12.6 Å². The van der Waals surface area contributed by atoms with Crippen molar-refractivity contribution in [2.75, 3.05) is 0 Å². The second kappa shape index (κ2) is 7.57. The number of aromatic amines is 2. The molecule has 0 fully saturated rings. The molecule has 0 spiro atoms. The fourth-order valence-corrected chi connectivity index (χ4v) is 4.32. The Labute approximate surface area is 177 Å². The highest BCUT2D eigenvalue weighted by Gasteiger charge is 2.16. The third-order valence-corrected chi connectivity index (χ3v) is 5.90. The maximum absolute atomic E-state index is 4.89. The van der Waals surface area contributed by atoms with Gasteiger partial charge in [-0.25, -0.2) is 9.97 Å². The van der Waals surface area contributed by atoms with Crippen LogP contribution in [0.5, 0.6) is 0 Å². The minimum atomic E-state index is 0.783. The fraction of sp³-hybridized carbons (Fsp3) is 0.0417. The van der Waals surface area contributed by atoms with E-state index in [9.17, 15) is 0 Å². The van der Waals surface area contributed by atoms with Crippen molar-refractivity contribution in [1.82, 2.24) is 25.1 Å². The minimum Gasteiger partial charge on any atom is -0.338 e. The fourth-order valence-electron chi connectivity index (χ4n) is 3.55. The first-order chi connectivity index (χ1) is 14.8. The first-order valence-corrected chi connectivity index (χ1v) is 10.5. The lowest BCUT2D eigenvalue weighted by Crippen LogP contribution is -1.88. The zero-order valence-corrected chi connectivity index (χ0v) is 17.2. The van der Waals surface area contributed by atoms with Crippen LogP contribution in [0.15, 0.2) is 78.9 Å². The molecule has 0 aromatic carbocycles. The lowest BCUT2D eigenvalue weighted by atomic mass is 10.1. The van der Waals surface area contributed by atoms with Crippen LogP contribution >= 0.6 is 11.3 Å². The average molecular weight is 410 g/mol. The van der Waals surface area contributed by atoms with Crippen LogP contribution in [0, 0.1) is 0 Å². The van der Waals surface area contributed by atoms with E-state index in [0.717, 1.165) is 50.3 Å². The highest BCUT2D eigenvalue weighted by molar-refractivity contribution is 7.13. The number of allylic oxidation sites excluding steroid dienone is 5. The molecule has 0 saturated heterocycles. The molecule has 30 heavy (non-hydrogen) atoms. The van der Waals surface area contributed by atoms with Gasteiger partial charge in [0.2, 0.25) is 0 Å². The number of nitrogens with one attached hydrogen (secondary N) is 2. The molecule has 5 aromatic rings. The molecule has 5 aromatic heterocycles. The maximum atomic E-state index is 4.89. The maximum Gasteiger partial charge on any atom is 0.138 e. The topological polar surface area (TPSA) is 70.2 Å². The summed E-state index contributed by atoms with van der Waals surface area (Å²) in [5, 5.41) is 10.8. The Kier molecular flexibility index (Phi) is 4.61. The van der Waals surface area contributed by atoms with Gasteiger partial charge in [-0.1, -0.05) is 36.9 Å². The van der Waals surface area contributed by atoms with Gasteiger partial charge in [-0.05, 0) is 48.2 Å². The summed E-state index contributed by atoms with van der Waals surface area (Å²) in [5.74, 6) is 0. The van der Waals surface area contributed by atoms with E-state index in [-0.39, 0.29) is 0 Å². The minimum absolute atomic E-state index is 0.783. The van der Waals surface area contributed by atoms with Crippen LogP contribution < -0.4 is 0 Å². The van der Waals surface area contributed by atoms with E-state index in [1.807, 2.05) is 43.5 Å². The van der Waals surface area contributed by atoms with Gasteiger partial charge in [0.1, 0.15) is 16.9 Å². The number of aromatic nitrogens is 5. The number of hydrogen-bond acceptors (Lipinski definition) is 4. The van der Waals surface area contributed by atoms with Crippen LogP contribution in [-0.2, 0) is 0 Å². The van der Waals surface area contributed by atoms with Gasteiger partial charge >= 0.3 is 0 Å². The SMILES string of the molecule is C=C/C=C\C(=C/C)c1ccc2[nH]nc(-c3cc4c(-c5cccs5)ccnc4[nH]3)c2n1. The Morgan fingerprint density at radius 3 is 2.93 bits per heavy atom. The van der Waals surface area contributed by atoms with Gasteiger partial charge in [0.05, 0.1) is 16.9 Å². The van der Waals surface area contributed by atoms with E-state index in [4.69, 9.17) is 4.98 Å². The van der Waals surface area contributed by atoms with E-state index < -0.39 is 0 Å². The number of hydrogen-bond donors (Lipinski definition) is 2. The predicted octanol–water partition coefficient (Wildman–Crippen LogP) is 6.38. The van der Waals surface area contributed by atoms with E-state index in [0.29, 0.717) is 0 Å². The highest BCUT2D eigenvalue weighted by atomic mass is 32.1. The third-order valence-electron chi connectivity index (χ3n) is 5.00. The van der Waals surface area contributed by atoms with Crippen molar-refractivity contribution in [2.24, 2.45) is 0 Å². The smallest absolute Gasteiger partial charge is 0.138 e. The first kappa shape index (κ1) is 18.3. The molecule has 2 N–H and O–H groups in total. The average Bonchev–Trinajstić information content (AvgIpc) is 3.52. The molecule has 146 valence electrons. The van der Waals surface area contributed by atoms with Gasteiger partial charge in [-0.15, -0.1) is 11.3 Å². The summed E-state index contributed by atoms with van der Waals surface area (Å²) in [7, 11) is 0. The quantitative estimate of drug-likeness (QED) is 0.331. The van der Waals surface area contributed by atoms with Crippen LogP contribution in [0.4, 0.5) is 0 Å². The van der Waals surface area contributed by atoms with Crippen molar-refractivity contribution in [2.45, 2.75) is 6.92 Å². The third kappa shape index (κ3) is 3.07. The van der Waals surface area contributed by atoms with Crippen molar-refractivity contribution in [3.8, 4) is 21.8 Å². The largest absolute Gasteiger partial charge is 0.338 e. The van der Waals surface area contributed by atoms with Gasteiger partial charge in [0.25, 0.3) is 0 Å². The lowest BCUT2D eigenvalue weighted by Gasteiger charge is -2.02. The predicted molar refractivity (Wildman–Crippen MR) is 125 cm³/mol. The molecule has 0 aliphatic rings. The molecule has 6 heteroatoms. The van der Waals surface area contributed by atoms with Gasteiger partial charge in [-0.2, -0.15) is 5.10 Å². The van der Waals surface area contributed by atoms with Gasteiger partial charge in [0, 0.05) is 22.0 Å². The number of fused-ring (bicyclic) bond motifs is 2. The van der Waals surface area contributed by atoms with Gasteiger partial charge in [0.15, 0.2) is 0 Å². The Morgan fingerprint density at radius 1 is 1.20 bits per heavy atom. The van der Waals surface area contributed by atoms with Gasteiger partial charge in [-0.3, -0.25) is 5.10 Å². The molecule has 5 rings (SSSR count). The molecule has 0 radical (unpaired) electrons. The molecule has 0 unspecified atom stereocenters. The van der Waals surface area contributed by atoms with E-state index in [1.165, 1.54) is 4.88 Å². The van der Waals surface area contributed by atoms with Crippen molar-refractivity contribution >= 4 is 39.0 Å². The van der Waals surface area contributed by atoms with Crippen LogP contribution in [0.25, 0.3) is 49.5 Å². The molecule has 0 amide bonds. The summed E-state index contributed by atoms with van der Waals surface area (Å²) >= 11 is 1.72. The van der Waals surface area contributed by atoms with Crippen molar-refractivity contribution < 1.29 is 0 Å². The number of nitrogens with zero attached hydrogens (tertiary/aromatic N) is 3. The van der Waals surface area contributed by atoms with Crippen LogP contribution in [0.3, 0.4) is 0 Å². The first-order valence-electron chi connectivity index (χ1n) is 9.61. The van der Waals surface area contributed by atoms with E-state index in [1.54, 1.807) is 17.4 Å². The molecule has 0 bridgehead atoms. The molecule has 5 nitrogen and oxygen atoms in total. The Morgan fingerprint density at radius 2 is 2.13 bits per heavy atom. The number of H-pyrrole nitrogens is 2. The van der Waals surface area contributed by atoms with Crippen molar-refractivity contribution in [3.05, 3.63) is 84.6 Å². The molecule has 0 saturated carbocycles. The normalized spacial score (nSPS) is 12.4. The molecule has 0 aliphatic carbocycles. The van der Waals surface area contributed by atoms with Crippen molar-refractivity contribution in [1.29, 1.82) is 0 Å². The van der Waals surface area contributed by atoms with Gasteiger partial charge < -0.3 is 4.98 Å². The number of rotatable bonds is 5. The molecule has 0 atom stereocenters. The number of pyridine rings is 2. The highest BCUT2D eigenvalue weighted by Crippen LogP contribution is 2.34. The van der Waals surface area contributed by atoms with E-state index >= 15 is 0 Å². The lowest BCUT2D eigenvalue weighted by molar-refractivity contribution is 1.12. The van der Waals surface area contributed by atoms with Crippen LogP contribution in [0.2, 0.25) is 0 Å². The number of thiophene rings is 1. The summed E-state index contributed by atoms with van der Waals surface area (Å²) in [5.41, 5.74) is 7.31. The summed E-state index contributed by atoms with van der Waals surface area (Å²) in [6.07, 6.45) is 9.54. The summed E-state index contributed by atoms with van der Waals surface area (Å²) in [6.45, 7) is 5.74. The van der Waals surface area contributed by atoms with Crippen molar-refractivity contribution in [3.63, 3.8) is 0 Å². The molecule has 5 heterocycles. The zero-order chi connectivity index (χ0) is 20.5. The summed E-state index contributed by atoms with van der Waals surface area (Å²) < 4.78 is 0. The standard InChI is InChI=1S/C24H19N5S/c1-3-5-7-15(4-2)18-9-10-19-22(26-18)23(29-28-19)20-14-17-16(21-8-6-13-30-21)11-12-25-24(17)27-20/h3-14H,1H2,2H3,(H,25,27)(H,28,29)/b7-5-,15-4+.